The molecule has 194 valence electrons. The van der Waals surface area contributed by atoms with Gasteiger partial charge in [0.1, 0.15) is 5.82 Å². The van der Waals surface area contributed by atoms with Gasteiger partial charge in [-0.3, -0.25) is 14.6 Å². The van der Waals surface area contributed by atoms with Crippen LogP contribution in [0.15, 0.2) is 60.9 Å². The van der Waals surface area contributed by atoms with Crippen LogP contribution in [0.4, 0.5) is 34.6 Å². The van der Waals surface area contributed by atoms with E-state index < -0.39 is 28.9 Å². The third-order valence-electron chi connectivity index (χ3n) is 6.17. The van der Waals surface area contributed by atoms with Crippen molar-refractivity contribution in [3.05, 3.63) is 83.4 Å². The van der Waals surface area contributed by atoms with Crippen molar-refractivity contribution in [1.29, 1.82) is 0 Å². The number of para-hydroxylation sites is 1. The van der Waals surface area contributed by atoms with E-state index in [2.05, 4.69) is 15.6 Å². The Morgan fingerprint density at radius 1 is 1.11 bits per heavy atom. The lowest BCUT2D eigenvalue weighted by Gasteiger charge is -2.25. The monoisotopic (exact) mass is 516 g/mol. The summed E-state index contributed by atoms with van der Waals surface area (Å²) in [5.74, 6) is -1.49. The molecule has 0 bridgehead atoms. The number of rotatable bonds is 8. The number of amides is 1. The number of aromatic nitrogens is 1. The van der Waals surface area contributed by atoms with E-state index >= 15 is 0 Å². The van der Waals surface area contributed by atoms with Crippen LogP contribution in [0.1, 0.15) is 34.3 Å². The molecule has 3 aromatic rings. The maximum atomic E-state index is 14.8. The van der Waals surface area contributed by atoms with Gasteiger partial charge in [0.05, 0.1) is 29.0 Å². The van der Waals surface area contributed by atoms with Crippen LogP contribution in [0, 0.1) is 11.2 Å². The third kappa shape index (κ3) is 6.05. The molecule has 7 nitrogen and oxygen atoms in total. The summed E-state index contributed by atoms with van der Waals surface area (Å²) in [7, 11) is 0. The molecule has 1 fully saturated rings. The quantitative estimate of drug-likeness (QED) is 0.292. The number of benzene rings is 2. The van der Waals surface area contributed by atoms with Gasteiger partial charge >= 0.3 is 6.18 Å². The van der Waals surface area contributed by atoms with Gasteiger partial charge in [0.2, 0.25) is 5.91 Å². The molecule has 1 aromatic heterocycles. The van der Waals surface area contributed by atoms with Crippen LogP contribution in [0.25, 0.3) is 0 Å². The molecule has 0 aliphatic carbocycles. The van der Waals surface area contributed by atoms with Crippen molar-refractivity contribution in [2.75, 3.05) is 24.3 Å². The smallest absolute Gasteiger partial charge is 0.397 e. The van der Waals surface area contributed by atoms with Crippen molar-refractivity contribution in [3.63, 3.8) is 0 Å². The Bertz CT molecular complexity index is 1310. The molecule has 1 saturated heterocycles. The first-order valence-electron chi connectivity index (χ1n) is 11.4. The molecule has 1 aliphatic rings. The van der Waals surface area contributed by atoms with Gasteiger partial charge in [0, 0.05) is 48.8 Å². The standard InChI is InChI=1S/C26H24F4N4O3/c27-21-10-19(34-22-4-2-1-3-20(22)26(28,29)30)6-5-16(21)13-33-24(36)25(7-8-37-15-25)11-23(35)17-9-18(31)14-32-12-17/h1-6,9-10,12,14,34H,7-8,11,13,15,31H2,(H,33,36)/t25-/m0/s1. The van der Waals surface area contributed by atoms with Crippen LogP contribution in [0.3, 0.4) is 0 Å². The number of Topliss-reactive ketones (excluding diaryl/α,β-unsaturated/α-hetero) is 1. The zero-order valence-corrected chi connectivity index (χ0v) is 19.6. The van der Waals surface area contributed by atoms with E-state index in [1.165, 1.54) is 48.8 Å². The van der Waals surface area contributed by atoms with E-state index in [0.29, 0.717) is 18.7 Å². The number of nitrogens with two attached hydrogens (primary N) is 1. The summed E-state index contributed by atoms with van der Waals surface area (Å²) in [6, 6.07) is 10.2. The number of hydrogen-bond donors (Lipinski definition) is 3. The predicted molar refractivity (Wildman–Crippen MR) is 128 cm³/mol. The number of pyridine rings is 1. The van der Waals surface area contributed by atoms with E-state index in [4.69, 9.17) is 10.5 Å². The lowest BCUT2D eigenvalue weighted by atomic mass is 9.80. The Morgan fingerprint density at radius 3 is 2.57 bits per heavy atom. The molecule has 11 heteroatoms. The molecule has 4 N–H and O–H groups in total. The number of alkyl halides is 3. The predicted octanol–water partition coefficient (Wildman–Crippen LogP) is 4.86. The van der Waals surface area contributed by atoms with Gasteiger partial charge in [-0.1, -0.05) is 18.2 Å². The SMILES string of the molecule is Nc1cncc(C(=O)C[C@@]2(C(=O)NCc3ccc(Nc4ccccc4C(F)(F)F)cc3F)CCOC2)c1. The van der Waals surface area contributed by atoms with Crippen LogP contribution in [0.5, 0.6) is 0 Å². The van der Waals surface area contributed by atoms with E-state index in [1.807, 2.05) is 0 Å². The van der Waals surface area contributed by atoms with Crippen molar-refractivity contribution in [1.82, 2.24) is 10.3 Å². The average molecular weight is 516 g/mol. The van der Waals surface area contributed by atoms with Crippen molar-refractivity contribution in [3.8, 4) is 0 Å². The van der Waals surface area contributed by atoms with Crippen molar-refractivity contribution in [2.24, 2.45) is 5.41 Å². The van der Waals surface area contributed by atoms with Gasteiger partial charge in [-0.25, -0.2) is 4.39 Å². The van der Waals surface area contributed by atoms with Crippen molar-refractivity contribution >= 4 is 28.8 Å². The fourth-order valence-corrected chi connectivity index (χ4v) is 4.15. The summed E-state index contributed by atoms with van der Waals surface area (Å²) in [6.07, 6.45) is -1.62. The van der Waals surface area contributed by atoms with Gasteiger partial charge in [0.15, 0.2) is 5.78 Å². The van der Waals surface area contributed by atoms with E-state index in [1.54, 1.807) is 0 Å². The Labute approximate surface area is 210 Å². The summed E-state index contributed by atoms with van der Waals surface area (Å²) < 4.78 is 59.9. The van der Waals surface area contributed by atoms with Crippen LogP contribution < -0.4 is 16.4 Å². The molecule has 2 heterocycles. The van der Waals surface area contributed by atoms with Crippen molar-refractivity contribution < 1.29 is 31.9 Å². The Morgan fingerprint density at radius 2 is 1.89 bits per heavy atom. The zero-order valence-electron chi connectivity index (χ0n) is 19.6. The molecule has 0 saturated carbocycles. The first kappa shape index (κ1) is 26.1. The maximum absolute atomic E-state index is 14.8. The first-order chi connectivity index (χ1) is 17.6. The lowest BCUT2D eigenvalue weighted by molar-refractivity contribution is -0.137. The Kier molecular flexibility index (Phi) is 7.44. The summed E-state index contributed by atoms with van der Waals surface area (Å²) in [4.78, 5) is 29.8. The minimum atomic E-state index is -4.57. The van der Waals surface area contributed by atoms with Gasteiger partial charge in [0.25, 0.3) is 0 Å². The number of ether oxygens (including phenoxy) is 1. The van der Waals surface area contributed by atoms with Crippen LogP contribution in [0.2, 0.25) is 0 Å². The molecule has 1 amide bonds. The molecule has 0 unspecified atom stereocenters. The second kappa shape index (κ2) is 10.6. The highest BCUT2D eigenvalue weighted by atomic mass is 19.4. The second-order valence-corrected chi connectivity index (χ2v) is 8.85. The minimum Gasteiger partial charge on any atom is -0.397 e. The number of anilines is 3. The highest BCUT2D eigenvalue weighted by Gasteiger charge is 2.44. The summed E-state index contributed by atoms with van der Waals surface area (Å²) in [6.45, 7) is 0.147. The number of hydrogen-bond acceptors (Lipinski definition) is 6. The molecular weight excluding hydrogens is 492 g/mol. The molecule has 2 aromatic carbocycles. The molecule has 1 aliphatic heterocycles. The molecular formula is C26H24F4N4O3. The summed E-state index contributed by atoms with van der Waals surface area (Å²) in [5, 5.41) is 5.26. The number of nitrogen functional groups attached to an aromatic ring is 1. The van der Waals surface area contributed by atoms with Gasteiger partial charge in [-0.05, 0) is 36.8 Å². The van der Waals surface area contributed by atoms with Gasteiger partial charge < -0.3 is 21.1 Å². The number of nitrogens with one attached hydrogen (secondary N) is 2. The van der Waals surface area contributed by atoms with Crippen LogP contribution in [-0.2, 0) is 22.3 Å². The van der Waals surface area contributed by atoms with Crippen LogP contribution in [-0.4, -0.2) is 29.9 Å². The number of ketones is 1. The zero-order chi connectivity index (χ0) is 26.6. The van der Waals surface area contributed by atoms with Crippen LogP contribution >= 0.6 is 0 Å². The normalized spacial score (nSPS) is 17.4. The topological polar surface area (TPSA) is 106 Å². The minimum absolute atomic E-state index is 0.0320. The second-order valence-electron chi connectivity index (χ2n) is 8.85. The number of halogens is 4. The number of nitrogens with zero attached hydrogens (tertiary/aromatic N) is 1. The fourth-order valence-electron chi connectivity index (χ4n) is 4.15. The van der Waals surface area contributed by atoms with E-state index in [9.17, 15) is 27.2 Å². The molecule has 0 radical (unpaired) electrons. The van der Waals surface area contributed by atoms with E-state index in [-0.39, 0.29) is 47.9 Å². The lowest BCUT2D eigenvalue weighted by Crippen LogP contribution is -2.42. The molecule has 4 rings (SSSR count). The van der Waals surface area contributed by atoms with E-state index in [0.717, 1.165) is 12.1 Å². The summed E-state index contributed by atoms with van der Waals surface area (Å²) >= 11 is 0. The molecule has 0 spiro atoms. The van der Waals surface area contributed by atoms with Gasteiger partial charge in [-0.15, -0.1) is 0 Å². The summed E-state index contributed by atoms with van der Waals surface area (Å²) in [5.41, 5.74) is 4.33. The average Bonchev–Trinajstić information content (AvgIpc) is 3.33. The van der Waals surface area contributed by atoms with Crippen molar-refractivity contribution in [2.45, 2.75) is 25.6 Å². The van der Waals surface area contributed by atoms with Gasteiger partial charge in [-0.2, -0.15) is 13.2 Å². The Balaban J connectivity index is 1.43. The highest BCUT2D eigenvalue weighted by Crippen LogP contribution is 2.36. The first-order valence-corrected chi connectivity index (χ1v) is 11.4. The molecule has 37 heavy (non-hydrogen) atoms. The third-order valence-corrected chi connectivity index (χ3v) is 6.17. The number of carbonyl (C=O) groups excluding carboxylic acids is 2. The maximum Gasteiger partial charge on any atom is 0.418 e. The number of carbonyl (C=O) groups is 2. The highest BCUT2D eigenvalue weighted by molar-refractivity contribution is 6.00. The Hall–Kier alpha value is -3.99. The largest absolute Gasteiger partial charge is 0.418 e. The molecule has 1 atom stereocenters. The fraction of sp³-hybridized carbons (Fsp3) is 0.269.